The van der Waals surface area contributed by atoms with E-state index in [1.165, 1.54) is 0 Å². The number of nitrogens with one attached hydrogen (secondary N) is 2. The number of carbonyl (C=O) groups is 2. The number of pyridine rings is 1. The van der Waals surface area contributed by atoms with E-state index < -0.39 is 0 Å². The highest BCUT2D eigenvalue weighted by atomic mass is 16.2. The summed E-state index contributed by atoms with van der Waals surface area (Å²) in [6, 6.07) is 10.5. The maximum absolute atomic E-state index is 12.2. The van der Waals surface area contributed by atoms with Gasteiger partial charge in [-0.3, -0.25) is 9.59 Å². The molecular formula is C19H23N3O2. The van der Waals surface area contributed by atoms with Crippen LogP contribution in [-0.2, 0) is 4.79 Å². The highest BCUT2D eigenvalue weighted by molar-refractivity contribution is 6.04. The van der Waals surface area contributed by atoms with Gasteiger partial charge in [-0.1, -0.05) is 13.8 Å². The van der Waals surface area contributed by atoms with Crippen molar-refractivity contribution in [2.75, 3.05) is 10.6 Å². The summed E-state index contributed by atoms with van der Waals surface area (Å²) in [7, 11) is 0. The van der Waals surface area contributed by atoms with Crippen molar-refractivity contribution in [2.45, 2.75) is 33.6 Å². The van der Waals surface area contributed by atoms with Gasteiger partial charge >= 0.3 is 0 Å². The monoisotopic (exact) mass is 325 g/mol. The highest BCUT2D eigenvalue weighted by Crippen LogP contribution is 2.15. The van der Waals surface area contributed by atoms with Crippen LogP contribution in [-0.4, -0.2) is 16.8 Å². The number of aromatic nitrogens is 1. The van der Waals surface area contributed by atoms with Gasteiger partial charge in [-0.2, -0.15) is 0 Å². The minimum absolute atomic E-state index is 0.0142. The largest absolute Gasteiger partial charge is 0.326 e. The Morgan fingerprint density at radius 3 is 2.29 bits per heavy atom. The molecule has 0 aliphatic heterocycles. The van der Waals surface area contributed by atoms with Crippen LogP contribution < -0.4 is 10.6 Å². The van der Waals surface area contributed by atoms with E-state index in [0.717, 1.165) is 18.4 Å². The van der Waals surface area contributed by atoms with Crippen molar-refractivity contribution in [1.82, 2.24) is 4.98 Å². The second kappa shape index (κ2) is 8.24. The van der Waals surface area contributed by atoms with Crippen LogP contribution in [0.1, 0.15) is 42.6 Å². The van der Waals surface area contributed by atoms with Crippen LogP contribution in [0.3, 0.4) is 0 Å². The summed E-state index contributed by atoms with van der Waals surface area (Å²) in [6.07, 6.45) is 3.28. The molecule has 0 saturated carbocycles. The van der Waals surface area contributed by atoms with Crippen LogP contribution in [0.2, 0.25) is 0 Å². The standard InChI is InChI=1S/C19H23N3O2/c1-4-14(5-2)18(23)21-16-8-6-15(7-9-16)19(24)22-17-12-13(3)10-11-20-17/h6-12,14H,4-5H2,1-3H3,(H,21,23)(H,20,22,24). The van der Waals surface area contributed by atoms with E-state index in [9.17, 15) is 9.59 Å². The molecule has 0 saturated heterocycles. The molecule has 0 radical (unpaired) electrons. The topological polar surface area (TPSA) is 71.1 Å². The molecule has 2 amide bonds. The lowest BCUT2D eigenvalue weighted by molar-refractivity contribution is -0.120. The predicted octanol–water partition coefficient (Wildman–Crippen LogP) is 4.02. The third kappa shape index (κ3) is 4.65. The first kappa shape index (κ1) is 17.7. The van der Waals surface area contributed by atoms with Gasteiger partial charge in [0.2, 0.25) is 5.91 Å². The molecule has 2 aromatic rings. The molecule has 0 bridgehead atoms. The SMILES string of the molecule is CCC(CC)C(=O)Nc1ccc(C(=O)Nc2cc(C)ccn2)cc1. The van der Waals surface area contributed by atoms with E-state index in [4.69, 9.17) is 0 Å². The molecule has 0 unspecified atom stereocenters. The van der Waals surface area contributed by atoms with Gasteiger partial charge in [-0.15, -0.1) is 0 Å². The van der Waals surface area contributed by atoms with Gasteiger partial charge in [0.1, 0.15) is 5.82 Å². The predicted molar refractivity (Wildman–Crippen MR) is 96.1 cm³/mol. The molecular weight excluding hydrogens is 302 g/mol. The number of carbonyl (C=O) groups excluding carboxylic acids is 2. The summed E-state index contributed by atoms with van der Waals surface area (Å²) < 4.78 is 0. The molecule has 1 aromatic heterocycles. The molecule has 1 heterocycles. The summed E-state index contributed by atoms with van der Waals surface area (Å²) in [5.41, 5.74) is 2.23. The summed E-state index contributed by atoms with van der Waals surface area (Å²) >= 11 is 0. The molecule has 2 rings (SSSR count). The highest BCUT2D eigenvalue weighted by Gasteiger charge is 2.14. The fourth-order valence-electron chi connectivity index (χ4n) is 2.40. The Bertz CT molecular complexity index is 707. The average molecular weight is 325 g/mol. The van der Waals surface area contributed by atoms with Gasteiger partial charge in [-0.05, 0) is 61.7 Å². The van der Waals surface area contributed by atoms with Gasteiger partial charge in [0, 0.05) is 23.4 Å². The van der Waals surface area contributed by atoms with Gasteiger partial charge in [0.05, 0.1) is 0 Å². The molecule has 126 valence electrons. The number of amides is 2. The molecule has 0 aliphatic rings. The number of hydrogen-bond donors (Lipinski definition) is 2. The Labute approximate surface area is 142 Å². The molecule has 5 nitrogen and oxygen atoms in total. The van der Waals surface area contributed by atoms with Crippen molar-refractivity contribution in [3.8, 4) is 0 Å². The van der Waals surface area contributed by atoms with E-state index in [0.29, 0.717) is 17.1 Å². The number of hydrogen-bond acceptors (Lipinski definition) is 3. The number of anilines is 2. The summed E-state index contributed by atoms with van der Waals surface area (Å²) in [6.45, 7) is 5.94. The van der Waals surface area contributed by atoms with Crippen LogP contribution in [0.25, 0.3) is 0 Å². The molecule has 5 heteroatoms. The van der Waals surface area contributed by atoms with Crippen molar-refractivity contribution < 1.29 is 9.59 Å². The maximum atomic E-state index is 12.2. The third-order valence-corrected chi connectivity index (χ3v) is 3.93. The first-order valence-electron chi connectivity index (χ1n) is 8.18. The van der Waals surface area contributed by atoms with Crippen LogP contribution in [0.4, 0.5) is 11.5 Å². The summed E-state index contributed by atoms with van der Waals surface area (Å²) in [5.74, 6) is 0.318. The fourth-order valence-corrected chi connectivity index (χ4v) is 2.40. The van der Waals surface area contributed by atoms with E-state index >= 15 is 0 Å². The number of rotatable bonds is 6. The van der Waals surface area contributed by atoms with Crippen LogP contribution in [0.5, 0.6) is 0 Å². The molecule has 0 aliphatic carbocycles. The molecule has 24 heavy (non-hydrogen) atoms. The third-order valence-electron chi connectivity index (χ3n) is 3.93. The Hall–Kier alpha value is -2.69. The number of nitrogens with zero attached hydrogens (tertiary/aromatic N) is 1. The zero-order chi connectivity index (χ0) is 17.5. The van der Waals surface area contributed by atoms with Crippen LogP contribution in [0, 0.1) is 12.8 Å². The average Bonchev–Trinajstić information content (AvgIpc) is 2.56. The van der Waals surface area contributed by atoms with Gasteiger partial charge in [-0.25, -0.2) is 4.98 Å². The van der Waals surface area contributed by atoms with Crippen molar-refractivity contribution in [2.24, 2.45) is 5.92 Å². The van der Waals surface area contributed by atoms with Crippen LogP contribution in [0.15, 0.2) is 42.6 Å². The maximum Gasteiger partial charge on any atom is 0.256 e. The molecule has 0 fully saturated rings. The summed E-state index contributed by atoms with van der Waals surface area (Å²) in [5, 5.41) is 5.64. The molecule has 1 aromatic carbocycles. The van der Waals surface area contributed by atoms with Crippen molar-refractivity contribution in [3.05, 3.63) is 53.7 Å². The lowest BCUT2D eigenvalue weighted by atomic mass is 10.0. The van der Waals surface area contributed by atoms with Crippen molar-refractivity contribution in [3.63, 3.8) is 0 Å². The Balaban J connectivity index is 2.01. The van der Waals surface area contributed by atoms with E-state index in [2.05, 4.69) is 15.6 Å². The zero-order valence-electron chi connectivity index (χ0n) is 14.3. The second-order valence-corrected chi connectivity index (χ2v) is 5.75. The lowest BCUT2D eigenvalue weighted by Gasteiger charge is -2.13. The Morgan fingerprint density at radius 1 is 1.04 bits per heavy atom. The number of benzene rings is 1. The normalized spacial score (nSPS) is 10.5. The van der Waals surface area contributed by atoms with Gasteiger partial charge in [0.25, 0.3) is 5.91 Å². The van der Waals surface area contributed by atoms with Crippen LogP contribution >= 0.6 is 0 Å². The van der Waals surface area contributed by atoms with Crippen molar-refractivity contribution in [1.29, 1.82) is 0 Å². The molecule has 0 spiro atoms. The Morgan fingerprint density at radius 2 is 1.71 bits per heavy atom. The first-order chi connectivity index (χ1) is 11.5. The van der Waals surface area contributed by atoms with Gasteiger partial charge < -0.3 is 10.6 Å². The van der Waals surface area contributed by atoms with Gasteiger partial charge in [0.15, 0.2) is 0 Å². The Kier molecular flexibility index (Phi) is 6.07. The number of aryl methyl sites for hydroxylation is 1. The summed E-state index contributed by atoms with van der Waals surface area (Å²) in [4.78, 5) is 28.4. The molecule has 2 N–H and O–H groups in total. The van der Waals surface area contributed by atoms with E-state index in [-0.39, 0.29) is 17.7 Å². The van der Waals surface area contributed by atoms with Crippen molar-refractivity contribution >= 4 is 23.3 Å². The zero-order valence-corrected chi connectivity index (χ0v) is 14.3. The second-order valence-electron chi connectivity index (χ2n) is 5.75. The molecule has 0 atom stereocenters. The van der Waals surface area contributed by atoms with E-state index in [1.54, 1.807) is 30.5 Å². The fraction of sp³-hybridized carbons (Fsp3) is 0.316. The lowest BCUT2D eigenvalue weighted by Crippen LogP contribution is -2.21. The van der Waals surface area contributed by atoms with E-state index in [1.807, 2.05) is 32.9 Å². The minimum Gasteiger partial charge on any atom is -0.326 e. The minimum atomic E-state index is -0.231. The first-order valence-corrected chi connectivity index (χ1v) is 8.18. The quantitative estimate of drug-likeness (QED) is 0.842. The smallest absolute Gasteiger partial charge is 0.256 e.